The second-order valence-electron chi connectivity index (χ2n) is 2.25. The van der Waals surface area contributed by atoms with E-state index in [1.807, 2.05) is 0 Å². The molecule has 5 heteroatoms. The minimum absolute atomic E-state index is 0. The molecule has 1 aromatic carbocycles. The molecule has 1 radical (unpaired) electrons. The molecule has 0 amide bonds. The monoisotopic (exact) mass is 229 g/mol. The summed E-state index contributed by atoms with van der Waals surface area (Å²) in [7, 11) is -4.39. The van der Waals surface area contributed by atoms with Gasteiger partial charge in [0.1, 0.15) is 0 Å². The molecule has 0 aliphatic carbocycles. The first-order valence-corrected chi connectivity index (χ1v) is 4.86. The Morgan fingerprint density at radius 3 is 2.08 bits per heavy atom. The van der Waals surface area contributed by atoms with Crippen LogP contribution in [0.15, 0.2) is 30.3 Å². The van der Waals surface area contributed by atoms with Crippen molar-refractivity contribution in [2.45, 2.75) is 6.16 Å². The van der Waals surface area contributed by atoms with Crippen LogP contribution in [-0.2, 0) is 27.5 Å². The maximum absolute atomic E-state index is 10.3. The van der Waals surface area contributed by atoms with Crippen LogP contribution in [-0.4, -0.2) is 0 Å². The molecule has 67 valence electrons. The van der Waals surface area contributed by atoms with E-state index in [0.717, 1.165) is 0 Å². The first kappa shape index (κ1) is 11.9. The van der Waals surface area contributed by atoms with E-state index in [0.29, 0.717) is 5.56 Å². The second kappa shape index (κ2) is 4.79. The van der Waals surface area contributed by atoms with Crippen LogP contribution < -0.4 is 9.79 Å². The Hall–Kier alpha value is -0.124. The number of hydrogen-bond acceptors (Lipinski definition) is 3. The summed E-state index contributed by atoms with van der Waals surface area (Å²) in [5, 5.41) is 0. The van der Waals surface area contributed by atoms with Gasteiger partial charge in [-0.25, -0.2) is 0 Å². The third kappa shape index (κ3) is 4.69. The summed E-state index contributed by atoms with van der Waals surface area (Å²) in [6, 6.07) is 8.39. The minimum atomic E-state index is -4.39. The van der Waals surface area contributed by atoms with Crippen molar-refractivity contribution in [3.63, 3.8) is 0 Å². The van der Waals surface area contributed by atoms with E-state index in [1.165, 1.54) is 0 Å². The summed E-state index contributed by atoms with van der Waals surface area (Å²) in [5.41, 5.74) is 0.542. The molecule has 0 heterocycles. The quantitative estimate of drug-likeness (QED) is 0.675. The van der Waals surface area contributed by atoms with E-state index < -0.39 is 13.8 Å². The van der Waals surface area contributed by atoms with Gasteiger partial charge in [-0.05, 0) is 5.56 Å². The molecule has 12 heavy (non-hydrogen) atoms. The smallest absolute Gasteiger partial charge is 0.810 e. The molecular formula is C7H7CoO3P. The molecule has 0 unspecified atom stereocenters. The van der Waals surface area contributed by atoms with Gasteiger partial charge < -0.3 is 14.4 Å². The summed E-state index contributed by atoms with van der Waals surface area (Å²) in [6.07, 6.45) is -0.395. The predicted octanol–water partition coefficient (Wildman–Crippen LogP) is 0.0978. The normalized spacial score (nSPS) is 10.5. The Bertz CT molecular complexity index is 269. The van der Waals surface area contributed by atoms with Crippen molar-refractivity contribution >= 4 is 7.60 Å². The Morgan fingerprint density at radius 2 is 1.67 bits per heavy atom. The SMILES string of the molecule is O=P([O-])([O-])Cc1ccccc1.[Co+2]. The molecule has 0 saturated heterocycles. The average Bonchev–Trinajstić information content (AvgIpc) is 1.85. The van der Waals surface area contributed by atoms with Crippen molar-refractivity contribution in [3.05, 3.63) is 35.9 Å². The first-order chi connectivity index (χ1) is 5.08. The van der Waals surface area contributed by atoms with Crippen LogP contribution in [0, 0.1) is 0 Å². The summed E-state index contributed by atoms with van der Waals surface area (Å²) in [6.45, 7) is 0. The van der Waals surface area contributed by atoms with E-state index in [1.54, 1.807) is 30.3 Å². The fraction of sp³-hybridized carbons (Fsp3) is 0.143. The topological polar surface area (TPSA) is 63.2 Å². The summed E-state index contributed by atoms with van der Waals surface area (Å²) in [5.74, 6) is 0. The zero-order valence-electron chi connectivity index (χ0n) is 6.10. The molecular weight excluding hydrogens is 222 g/mol. The Labute approximate surface area is 81.2 Å². The van der Waals surface area contributed by atoms with Crippen LogP contribution >= 0.6 is 7.60 Å². The molecule has 0 aromatic heterocycles. The van der Waals surface area contributed by atoms with Crippen LogP contribution in [0.3, 0.4) is 0 Å². The fourth-order valence-corrected chi connectivity index (χ4v) is 1.47. The van der Waals surface area contributed by atoms with E-state index >= 15 is 0 Å². The largest absolute Gasteiger partial charge is 2.00 e. The molecule has 1 rings (SSSR count). The number of benzene rings is 1. The summed E-state index contributed by atoms with van der Waals surface area (Å²) >= 11 is 0. The zero-order chi connectivity index (χ0) is 8.32. The molecule has 0 N–H and O–H groups in total. The van der Waals surface area contributed by atoms with Gasteiger partial charge in [0, 0.05) is 6.16 Å². The minimum Gasteiger partial charge on any atom is -0.810 e. The molecule has 0 bridgehead atoms. The second-order valence-corrected chi connectivity index (χ2v) is 3.79. The molecule has 0 atom stereocenters. The Balaban J connectivity index is 0.00000121. The third-order valence-corrected chi connectivity index (χ3v) is 1.97. The van der Waals surface area contributed by atoms with Crippen molar-refractivity contribution in [3.8, 4) is 0 Å². The zero-order valence-corrected chi connectivity index (χ0v) is 8.03. The maximum Gasteiger partial charge on any atom is 2.00 e. The van der Waals surface area contributed by atoms with E-state index in [2.05, 4.69) is 0 Å². The van der Waals surface area contributed by atoms with Crippen LogP contribution in [0.2, 0.25) is 0 Å². The van der Waals surface area contributed by atoms with Gasteiger partial charge in [-0.2, -0.15) is 0 Å². The maximum atomic E-state index is 10.3. The summed E-state index contributed by atoms with van der Waals surface area (Å²) < 4.78 is 10.3. The van der Waals surface area contributed by atoms with Gasteiger partial charge in [0.25, 0.3) is 0 Å². The van der Waals surface area contributed by atoms with Crippen molar-refractivity contribution in [2.24, 2.45) is 0 Å². The van der Waals surface area contributed by atoms with Gasteiger partial charge in [-0.3, -0.25) is 0 Å². The molecule has 0 saturated carbocycles. The van der Waals surface area contributed by atoms with Crippen molar-refractivity contribution < 1.29 is 31.1 Å². The van der Waals surface area contributed by atoms with Crippen molar-refractivity contribution in [1.29, 1.82) is 0 Å². The van der Waals surface area contributed by atoms with Gasteiger partial charge in [-0.15, -0.1) is 0 Å². The molecule has 0 spiro atoms. The van der Waals surface area contributed by atoms with Gasteiger partial charge in [0.2, 0.25) is 0 Å². The van der Waals surface area contributed by atoms with Gasteiger partial charge >= 0.3 is 16.8 Å². The standard InChI is InChI=1S/C7H9O3P.Co/c8-11(9,10)6-7-4-2-1-3-5-7;/h1-5H,6H2,(H2,8,9,10);/q;+2/p-2. The van der Waals surface area contributed by atoms with Gasteiger partial charge in [0.15, 0.2) is 0 Å². The number of hydrogen-bond donors (Lipinski definition) is 0. The van der Waals surface area contributed by atoms with E-state index in [4.69, 9.17) is 0 Å². The van der Waals surface area contributed by atoms with Crippen LogP contribution in [0.25, 0.3) is 0 Å². The van der Waals surface area contributed by atoms with Crippen molar-refractivity contribution in [1.82, 2.24) is 0 Å². The van der Waals surface area contributed by atoms with Gasteiger partial charge in [0.05, 0.1) is 0 Å². The van der Waals surface area contributed by atoms with Crippen LogP contribution in [0.1, 0.15) is 5.56 Å². The van der Waals surface area contributed by atoms with Gasteiger partial charge in [-0.1, -0.05) is 37.9 Å². The fourth-order valence-electron chi connectivity index (χ4n) is 0.807. The predicted molar refractivity (Wildman–Crippen MR) is 37.8 cm³/mol. The summed E-state index contributed by atoms with van der Waals surface area (Å²) in [4.78, 5) is 20.5. The van der Waals surface area contributed by atoms with E-state index in [9.17, 15) is 14.4 Å². The molecule has 1 aromatic rings. The first-order valence-electron chi connectivity index (χ1n) is 3.13. The Morgan fingerprint density at radius 1 is 1.17 bits per heavy atom. The average molecular weight is 229 g/mol. The Kier molecular flexibility index (Phi) is 4.74. The van der Waals surface area contributed by atoms with E-state index in [-0.39, 0.29) is 16.8 Å². The number of rotatable bonds is 2. The molecule has 0 fully saturated rings. The molecule has 3 nitrogen and oxygen atoms in total. The van der Waals surface area contributed by atoms with Crippen LogP contribution in [0.5, 0.6) is 0 Å². The van der Waals surface area contributed by atoms with Crippen LogP contribution in [0.4, 0.5) is 0 Å². The molecule has 0 aliphatic heterocycles. The molecule has 0 aliphatic rings. The third-order valence-electron chi connectivity index (χ3n) is 1.22. The van der Waals surface area contributed by atoms with Crippen molar-refractivity contribution in [2.75, 3.05) is 0 Å².